The van der Waals surface area contributed by atoms with E-state index in [9.17, 15) is 8.78 Å². The van der Waals surface area contributed by atoms with Crippen molar-refractivity contribution in [1.82, 2.24) is 19.7 Å². The van der Waals surface area contributed by atoms with Gasteiger partial charge in [0.15, 0.2) is 11.0 Å². The molecule has 0 saturated heterocycles. The summed E-state index contributed by atoms with van der Waals surface area (Å²) in [5.41, 5.74) is 1.80. The van der Waals surface area contributed by atoms with E-state index < -0.39 is 0 Å². The maximum atomic E-state index is 13.4. The molecular weight excluding hydrogens is 366 g/mol. The molecule has 2 aromatic carbocycles. The van der Waals surface area contributed by atoms with Gasteiger partial charge in [-0.25, -0.2) is 8.78 Å². The van der Waals surface area contributed by atoms with Crippen LogP contribution >= 0.6 is 11.8 Å². The van der Waals surface area contributed by atoms with E-state index in [-0.39, 0.29) is 22.9 Å². The van der Waals surface area contributed by atoms with E-state index in [4.69, 9.17) is 0 Å². The van der Waals surface area contributed by atoms with Gasteiger partial charge in [-0.2, -0.15) is 0 Å². The molecule has 1 heterocycles. The third-order valence-electron chi connectivity index (χ3n) is 4.51. The molecule has 3 rings (SSSR count). The van der Waals surface area contributed by atoms with Crippen molar-refractivity contribution >= 4 is 11.8 Å². The van der Waals surface area contributed by atoms with Gasteiger partial charge in [-0.1, -0.05) is 23.9 Å². The van der Waals surface area contributed by atoms with Gasteiger partial charge in [0.2, 0.25) is 0 Å². The minimum Gasteiger partial charge on any atom is -0.300 e. The molecule has 0 spiro atoms. The zero-order valence-corrected chi connectivity index (χ0v) is 16.5. The highest BCUT2D eigenvalue weighted by atomic mass is 32.2. The van der Waals surface area contributed by atoms with Crippen LogP contribution in [-0.2, 0) is 0 Å². The Morgan fingerprint density at radius 1 is 0.889 bits per heavy atom. The zero-order valence-electron chi connectivity index (χ0n) is 15.7. The lowest BCUT2D eigenvalue weighted by Gasteiger charge is -2.21. The summed E-state index contributed by atoms with van der Waals surface area (Å²) < 4.78 is 28.5. The molecule has 0 N–H and O–H groups in total. The first-order valence-corrected chi connectivity index (χ1v) is 9.54. The number of nitrogens with zero attached hydrogens (tertiary/aromatic N) is 4. The lowest BCUT2D eigenvalue weighted by molar-refractivity contribution is 0.305. The van der Waals surface area contributed by atoms with Crippen LogP contribution in [-0.4, -0.2) is 33.8 Å². The quantitative estimate of drug-likeness (QED) is 0.555. The lowest BCUT2D eigenvalue weighted by Crippen LogP contribution is -2.20. The van der Waals surface area contributed by atoms with Crippen molar-refractivity contribution in [1.29, 1.82) is 0 Å². The second kappa shape index (κ2) is 8.19. The van der Waals surface area contributed by atoms with Gasteiger partial charge in [0.05, 0.1) is 6.04 Å². The Morgan fingerprint density at radius 3 is 2.00 bits per heavy atom. The number of rotatable bonds is 6. The SMILES string of the molecule is CC(Sc1nnc(C(C)N(C)C)n1-c1ccc(F)cc1)c1ccc(F)cc1. The molecule has 0 aliphatic carbocycles. The Bertz CT molecular complexity index is 891. The molecule has 7 heteroatoms. The van der Waals surface area contributed by atoms with Gasteiger partial charge >= 0.3 is 0 Å². The van der Waals surface area contributed by atoms with E-state index in [2.05, 4.69) is 10.2 Å². The summed E-state index contributed by atoms with van der Waals surface area (Å²) in [4.78, 5) is 2.04. The topological polar surface area (TPSA) is 34.0 Å². The second-order valence-electron chi connectivity index (χ2n) is 6.60. The standard InChI is InChI=1S/C20H22F2N4S/c1-13(25(3)4)19-23-24-20(26(19)18-11-9-17(22)10-12-18)27-14(2)15-5-7-16(21)8-6-15/h5-14H,1-4H3. The van der Waals surface area contributed by atoms with Crippen LogP contribution in [0.1, 0.15) is 36.5 Å². The fourth-order valence-corrected chi connectivity index (χ4v) is 3.65. The van der Waals surface area contributed by atoms with Crippen molar-refractivity contribution in [2.45, 2.75) is 30.3 Å². The van der Waals surface area contributed by atoms with E-state index in [0.29, 0.717) is 5.16 Å². The molecule has 0 aliphatic heterocycles. The first-order chi connectivity index (χ1) is 12.9. The number of halogens is 2. The van der Waals surface area contributed by atoms with Crippen molar-refractivity contribution in [3.8, 4) is 5.69 Å². The first-order valence-electron chi connectivity index (χ1n) is 8.66. The van der Waals surface area contributed by atoms with Gasteiger partial charge in [0, 0.05) is 10.9 Å². The third kappa shape index (κ3) is 4.36. The molecule has 0 amide bonds. The highest BCUT2D eigenvalue weighted by Gasteiger charge is 2.22. The molecule has 27 heavy (non-hydrogen) atoms. The minimum absolute atomic E-state index is 0.0260. The predicted octanol–water partition coefficient (Wildman–Crippen LogP) is 5.02. The zero-order chi connectivity index (χ0) is 19.6. The highest BCUT2D eigenvalue weighted by molar-refractivity contribution is 7.99. The van der Waals surface area contributed by atoms with Crippen LogP contribution in [0.4, 0.5) is 8.78 Å². The second-order valence-corrected chi connectivity index (χ2v) is 7.91. The van der Waals surface area contributed by atoms with Crippen molar-refractivity contribution in [2.75, 3.05) is 14.1 Å². The third-order valence-corrected chi connectivity index (χ3v) is 5.61. The largest absolute Gasteiger partial charge is 0.300 e. The van der Waals surface area contributed by atoms with Gasteiger partial charge in [-0.15, -0.1) is 10.2 Å². The Kier molecular flexibility index (Phi) is 5.92. The lowest BCUT2D eigenvalue weighted by atomic mass is 10.2. The van der Waals surface area contributed by atoms with Gasteiger partial charge < -0.3 is 0 Å². The Hall–Kier alpha value is -2.25. The molecule has 4 nitrogen and oxygen atoms in total. The highest BCUT2D eigenvalue weighted by Crippen LogP contribution is 2.36. The van der Waals surface area contributed by atoms with Crippen LogP contribution in [0.2, 0.25) is 0 Å². The monoisotopic (exact) mass is 388 g/mol. The number of aromatic nitrogens is 3. The number of benzene rings is 2. The Balaban J connectivity index is 1.99. The summed E-state index contributed by atoms with van der Waals surface area (Å²) in [6.07, 6.45) is 0. The van der Waals surface area contributed by atoms with Crippen LogP contribution in [0.5, 0.6) is 0 Å². The average molecular weight is 388 g/mol. The fourth-order valence-electron chi connectivity index (χ4n) is 2.65. The van der Waals surface area contributed by atoms with E-state index in [0.717, 1.165) is 17.1 Å². The Morgan fingerprint density at radius 2 is 1.44 bits per heavy atom. The normalized spacial score (nSPS) is 13.7. The summed E-state index contributed by atoms with van der Waals surface area (Å²) in [6, 6.07) is 12.8. The summed E-state index contributed by atoms with van der Waals surface area (Å²) in [5.74, 6) is 0.232. The number of hydrogen-bond donors (Lipinski definition) is 0. The molecule has 2 unspecified atom stereocenters. The summed E-state index contributed by atoms with van der Waals surface area (Å²) in [7, 11) is 3.95. The molecule has 0 aliphatic rings. The minimum atomic E-state index is -0.289. The van der Waals surface area contributed by atoms with E-state index in [1.807, 2.05) is 37.4 Å². The molecule has 2 atom stereocenters. The van der Waals surface area contributed by atoms with Crippen LogP contribution in [0, 0.1) is 11.6 Å². The first kappa shape index (κ1) is 19.5. The van der Waals surface area contributed by atoms with Crippen molar-refractivity contribution in [3.63, 3.8) is 0 Å². The number of thioether (sulfide) groups is 1. The van der Waals surface area contributed by atoms with E-state index in [1.54, 1.807) is 24.3 Å². The molecule has 1 aromatic heterocycles. The van der Waals surface area contributed by atoms with Gasteiger partial charge in [-0.05, 0) is 69.9 Å². The molecule has 0 saturated carbocycles. The van der Waals surface area contributed by atoms with Gasteiger partial charge in [-0.3, -0.25) is 9.47 Å². The molecule has 0 radical (unpaired) electrons. The van der Waals surface area contributed by atoms with Crippen molar-refractivity contribution in [2.24, 2.45) is 0 Å². The van der Waals surface area contributed by atoms with Crippen LogP contribution < -0.4 is 0 Å². The van der Waals surface area contributed by atoms with E-state index in [1.165, 1.54) is 36.0 Å². The maximum Gasteiger partial charge on any atom is 0.196 e. The van der Waals surface area contributed by atoms with E-state index >= 15 is 0 Å². The fraction of sp³-hybridized carbons (Fsp3) is 0.300. The van der Waals surface area contributed by atoms with Gasteiger partial charge in [0.1, 0.15) is 11.6 Å². The molecule has 3 aromatic rings. The predicted molar refractivity (Wildman–Crippen MR) is 104 cm³/mol. The van der Waals surface area contributed by atoms with Gasteiger partial charge in [0.25, 0.3) is 0 Å². The van der Waals surface area contributed by atoms with Crippen molar-refractivity contribution in [3.05, 3.63) is 71.6 Å². The van der Waals surface area contributed by atoms with Crippen LogP contribution in [0.15, 0.2) is 53.7 Å². The number of hydrogen-bond acceptors (Lipinski definition) is 4. The summed E-state index contributed by atoms with van der Waals surface area (Å²) >= 11 is 1.53. The molecular formula is C20H22F2N4S. The molecule has 0 bridgehead atoms. The Labute approximate surface area is 162 Å². The molecule has 142 valence electrons. The van der Waals surface area contributed by atoms with Crippen molar-refractivity contribution < 1.29 is 8.78 Å². The summed E-state index contributed by atoms with van der Waals surface area (Å²) in [5, 5.41) is 9.54. The summed E-state index contributed by atoms with van der Waals surface area (Å²) in [6.45, 7) is 4.08. The average Bonchev–Trinajstić information content (AvgIpc) is 3.05. The van der Waals surface area contributed by atoms with Crippen LogP contribution in [0.3, 0.4) is 0 Å². The maximum absolute atomic E-state index is 13.4. The van der Waals surface area contributed by atoms with Crippen LogP contribution in [0.25, 0.3) is 5.69 Å². The molecule has 0 fully saturated rings. The smallest absolute Gasteiger partial charge is 0.196 e.